The van der Waals surface area contributed by atoms with Crippen LogP contribution in [0.2, 0.25) is 0 Å². The van der Waals surface area contributed by atoms with Gasteiger partial charge in [-0.1, -0.05) is 12.1 Å². The first-order valence-electron chi connectivity index (χ1n) is 5.72. The van der Waals surface area contributed by atoms with Crippen molar-refractivity contribution in [3.05, 3.63) is 46.7 Å². The normalized spacial score (nSPS) is 12.7. The summed E-state index contributed by atoms with van der Waals surface area (Å²) in [4.78, 5) is 7.56. The fourth-order valence-electron chi connectivity index (χ4n) is 1.81. The van der Waals surface area contributed by atoms with Crippen molar-refractivity contribution in [3.8, 4) is 0 Å². The number of anilines is 1. The lowest BCUT2D eigenvalue weighted by molar-refractivity contribution is 0.192. The Kier molecular flexibility index (Phi) is 3.00. The second-order valence-electron chi connectivity index (χ2n) is 4.06. The molecule has 0 spiro atoms. The average Bonchev–Trinajstić information content (AvgIpc) is 3.04. The molecule has 3 aromatic rings. The number of hydrogen-bond acceptors (Lipinski definition) is 4. The van der Waals surface area contributed by atoms with Crippen molar-refractivity contribution in [2.45, 2.75) is 6.10 Å². The fraction of sp³-hybridized carbons (Fsp3) is 0.154. The number of fused-ring (bicyclic) bond motifs is 1. The lowest BCUT2D eigenvalue weighted by Gasteiger charge is -2.09. The van der Waals surface area contributed by atoms with Crippen LogP contribution in [0.3, 0.4) is 0 Å². The molecule has 0 aliphatic carbocycles. The first kappa shape index (κ1) is 11.3. The molecule has 3 N–H and O–H groups in total. The molecule has 1 atom stereocenters. The molecule has 1 unspecified atom stereocenters. The Morgan fingerprint density at radius 2 is 2.22 bits per heavy atom. The van der Waals surface area contributed by atoms with E-state index < -0.39 is 6.10 Å². The quantitative estimate of drug-likeness (QED) is 0.675. The van der Waals surface area contributed by atoms with Crippen LogP contribution in [0, 0.1) is 0 Å². The third-order valence-electron chi connectivity index (χ3n) is 2.78. The summed E-state index contributed by atoms with van der Waals surface area (Å²) in [7, 11) is 0. The zero-order chi connectivity index (χ0) is 12.4. The summed E-state index contributed by atoms with van der Waals surface area (Å²) in [6.45, 7) is 0.441. The van der Waals surface area contributed by atoms with E-state index in [1.54, 1.807) is 11.3 Å². The maximum Gasteiger partial charge on any atom is 0.201 e. The molecule has 0 saturated carbocycles. The third kappa shape index (κ3) is 2.23. The summed E-state index contributed by atoms with van der Waals surface area (Å²) in [5.41, 5.74) is 2.85. The van der Waals surface area contributed by atoms with Gasteiger partial charge in [0.2, 0.25) is 5.95 Å². The number of rotatable bonds is 4. The number of aliphatic hydroxyl groups is 1. The van der Waals surface area contributed by atoms with Gasteiger partial charge in [-0.2, -0.15) is 11.3 Å². The summed E-state index contributed by atoms with van der Waals surface area (Å²) < 4.78 is 0. The van der Waals surface area contributed by atoms with E-state index in [9.17, 15) is 5.11 Å². The molecule has 4 nitrogen and oxygen atoms in total. The van der Waals surface area contributed by atoms with Gasteiger partial charge in [-0.05, 0) is 34.5 Å². The van der Waals surface area contributed by atoms with Gasteiger partial charge in [0.25, 0.3) is 0 Å². The first-order chi connectivity index (χ1) is 8.83. The van der Waals surface area contributed by atoms with E-state index in [1.807, 2.05) is 41.1 Å². The van der Waals surface area contributed by atoms with Crippen LogP contribution in [0.15, 0.2) is 41.1 Å². The van der Waals surface area contributed by atoms with E-state index in [0.29, 0.717) is 12.5 Å². The molecular formula is C13H13N3OS. The van der Waals surface area contributed by atoms with E-state index in [2.05, 4.69) is 15.3 Å². The van der Waals surface area contributed by atoms with Crippen LogP contribution >= 0.6 is 11.3 Å². The molecular weight excluding hydrogens is 246 g/mol. The molecule has 5 heteroatoms. The Labute approximate surface area is 108 Å². The number of aromatic amines is 1. The molecule has 92 valence electrons. The van der Waals surface area contributed by atoms with Gasteiger partial charge in [0.05, 0.1) is 17.1 Å². The standard InChI is InChI=1S/C13H13N3OS/c17-12(9-5-6-18-8-9)7-14-13-15-10-3-1-2-4-11(10)16-13/h1-6,8,12,17H,7H2,(H2,14,15,16). The average molecular weight is 259 g/mol. The summed E-state index contributed by atoms with van der Waals surface area (Å²) in [5.74, 6) is 0.686. The lowest BCUT2D eigenvalue weighted by Crippen LogP contribution is -2.12. The van der Waals surface area contributed by atoms with Gasteiger partial charge in [-0.25, -0.2) is 4.98 Å². The lowest BCUT2D eigenvalue weighted by atomic mass is 10.2. The van der Waals surface area contributed by atoms with Crippen LogP contribution in [-0.2, 0) is 0 Å². The number of nitrogens with zero attached hydrogens (tertiary/aromatic N) is 1. The Balaban J connectivity index is 1.69. The zero-order valence-electron chi connectivity index (χ0n) is 9.63. The van der Waals surface area contributed by atoms with Crippen LogP contribution in [0.1, 0.15) is 11.7 Å². The number of thiophene rings is 1. The number of nitrogens with one attached hydrogen (secondary N) is 2. The van der Waals surface area contributed by atoms with Gasteiger partial charge < -0.3 is 15.4 Å². The highest BCUT2D eigenvalue weighted by Gasteiger charge is 2.08. The minimum Gasteiger partial charge on any atom is -0.387 e. The molecule has 2 aromatic heterocycles. The molecule has 0 bridgehead atoms. The molecule has 1 aromatic carbocycles. The third-order valence-corrected chi connectivity index (χ3v) is 3.48. The van der Waals surface area contributed by atoms with Gasteiger partial charge in [-0.15, -0.1) is 0 Å². The molecule has 2 heterocycles. The topological polar surface area (TPSA) is 60.9 Å². The Morgan fingerprint density at radius 1 is 1.33 bits per heavy atom. The zero-order valence-corrected chi connectivity index (χ0v) is 10.4. The Morgan fingerprint density at radius 3 is 3.00 bits per heavy atom. The molecule has 0 saturated heterocycles. The van der Waals surface area contributed by atoms with Crippen molar-refractivity contribution in [1.82, 2.24) is 9.97 Å². The van der Waals surface area contributed by atoms with Crippen LogP contribution < -0.4 is 5.32 Å². The number of imidazole rings is 1. The predicted molar refractivity (Wildman–Crippen MR) is 73.9 cm³/mol. The highest BCUT2D eigenvalue weighted by molar-refractivity contribution is 7.07. The van der Waals surface area contributed by atoms with Crippen LogP contribution in [0.5, 0.6) is 0 Å². The monoisotopic (exact) mass is 259 g/mol. The Bertz CT molecular complexity index is 600. The molecule has 3 rings (SSSR count). The van der Waals surface area contributed by atoms with Crippen LogP contribution in [0.25, 0.3) is 11.0 Å². The molecule has 0 fully saturated rings. The van der Waals surface area contributed by atoms with E-state index in [-0.39, 0.29) is 0 Å². The molecule has 0 aliphatic heterocycles. The van der Waals surface area contributed by atoms with Crippen molar-refractivity contribution in [1.29, 1.82) is 0 Å². The minimum atomic E-state index is -0.510. The number of H-pyrrole nitrogens is 1. The first-order valence-corrected chi connectivity index (χ1v) is 6.66. The number of benzene rings is 1. The van der Waals surface area contributed by atoms with Crippen molar-refractivity contribution >= 4 is 28.3 Å². The second-order valence-corrected chi connectivity index (χ2v) is 4.84. The van der Waals surface area contributed by atoms with E-state index in [1.165, 1.54) is 0 Å². The van der Waals surface area contributed by atoms with Crippen molar-refractivity contribution in [2.24, 2.45) is 0 Å². The van der Waals surface area contributed by atoms with Gasteiger partial charge in [-0.3, -0.25) is 0 Å². The SMILES string of the molecule is OC(CNc1nc2ccccc2[nH]1)c1ccsc1. The maximum absolute atomic E-state index is 9.95. The van der Waals surface area contributed by atoms with Crippen LogP contribution in [-0.4, -0.2) is 21.6 Å². The fourth-order valence-corrected chi connectivity index (χ4v) is 2.52. The second kappa shape index (κ2) is 4.80. The number of aliphatic hydroxyl groups excluding tert-OH is 1. The summed E-state index contributed by atoms with van der Waals surface area (Å²) in [6, 6.07) is 9.77. The van der Waals surface area contributed by atoms with Gasteiger partial charge in [0.15, 0.2) is 0 Å². The largest absolute Gasteiger partial charge is 0.387 e. The Hall–Kier alpha value is -1.85. The van der Waals surface area contributed by atoms with E-state index in [4.69, 9.17) is 0 Å². The van der Waals surface area contributed by atoms with Gasteiger partial charge in [0, 0.05) is 6.54 Å². The van der Waals surface area contributed by atoms with Gasteiger partial charge >= 0.3 is 0 Å². The number of para-hydroxylation sites is 2. The smallest absolute Gasteiger partial charge is 0.201 e. The van der Waals surface area contributed by atoms with Crippen molar-refractivity contribution in [2.75, 3.05) is 11.9 Å². The summed E-state index contributed by atoms with van der Waals surface area (Å²) in [6.07, 6.45) is -0.510. The van der Waals surface area contributed by atoms with E-state index in [0.717, 1.165) is 16.6 Å². The summed E-state index contributed by atoms with van der Waals surface area (Å²) >= 11 is 1.58. The minimum absolute atomic E-state index is 0.441. The van der Waals surface area contributed by atoms with Gasteiger partial charge in [0.1, 0.15) is 0 Å². The predicted octanol–water partition coefficient (Wildman–Crippen LogP) is 2.77. The highest BCUT2D eigenvalue weighted by Crippen LogP contribution is 2.18. The number of hydrogen-bond donors (Lipinski definition) is 3. The molecule has 0 radical (unpaired) electrons. The highest BCUT2D eigenvalue weighted by atomic mass is 32.1. The van der Waals surface area contributed by atoms with Crippen LogP contribution in [0.4, 0.5) is 5.95 Å². The van der Waals surface area contributed by atoms with E-state index >= 15 is 0 Å². The molecule has 18 heavy (non-hydrogen) atoms. The summed E-state index contributed by atoms with van der Waals surface area (Å²) in [5, 5.41) is 17.0. The van der Waals surface area contributed by atoms with Crippen molar-refractivity contribution in [3.63, 3.8) is 0 Å². The molecule has 0 amide bonds. The van der Waals surface area contributed by atoms with Crippen molar-refractivity contribution < 1.29 is 5.11 Å². The molecule has 0 aliphatic rings. The number of aromatic nitrogens is 2. The maximum atomic E-state index is 9.95.